The van der Waals surface area contributed by atoms with E-state index < -0.39 is 11.8 Å². The molecule has 0 aromatic carbocycles. The van der Waals surface area contributed by atoms with E-state index in [9.17, 15) is 9.59 Å². The van der Waals surface area contributed by atoms with Crippen LogP contribution in [0.1, 0.15) is 32.6 Å². The van der Waals surface area contributed by atoms with Gasteiger partial charge in [0.05, 0.1) is 0 Å². The summed E-state index contributed by atoms with van der Waals surface area (Å²) in [4.78, 5) is 20.8. The smallest absolute Gasteiger partial charge is 0.372 e. The van der Waals surface area contributed by atoms with Crippen molar-refractivity contribution in [3.05, 3.63) is 0 Å². The second-order valence-corrected chi connectivity index (χ2v) is 3.58. The summed E-state index contributed by atoms with van der Waals surface area (Å²) in [5.74, 6) is -0.666. The van der Waals surface area contributed by atoms with E-state index in [-0.39, 0.29) is 6.42 Å². The summed E-state index contributed by atoms with van der Waals surface area (Å²) < 4.78 is 0. The highest BCUT2D eigenvalue weighted by atomic mass is 16.4. The Labute approximate surface area is 71.8 Å². The van der Waals surface area contributed by atoms with Crippen LogP contribution in [-0.2, 0) is 9.59 Å². The van der Waals surface area contributed by atoms with Gasteiger partial charge in [0.2, 0.25) is 5.78 Å². The van der Waals surface area contributed by atoms with Gasteiger partial charge in [0, 0.05) is 6.42 Å². The summed E-state index contributed by atoms with van der Waals surface area (Å²) in [6, 6.07) is 0. The number of carboxylic acid groups (broad SMARTS) is 1. The average molecular weight is 170 g/mol. The molecule has 0 spiro atoms. The average Bonchev–Trinajstić information content (AvgIpc) is 2.81. The van der Waals surface area contributed by atoms with Crippen LogP contribution in [0.5, 0.6) is 0 Å². The highest BCUT2D eigenvalue weighted by molar-refractivity contribution is 6.32. The molecule has 1 aliphatic carbocycles. The number of aliphatic carboxylic acids is 1. The van der Waals surface area contributed by atoms with Gasteiger partial charge in [-0.05, 0) is 31.1 Å². The quantitative estimate of drug-likeness (QED) is 0.635. The van der Waals surface area contributed by atoms with Crippen LogP contribution in [0.15, 0.2) is 0 Å². The van der Waals surface area contributed by atoms with E-state index in [4.69, 9.17) is 5.11 Å². The fraction of sp³-hybridized carbons (Fsp3) is 0.778. The third-order valence-electron chi connectivity index (χ3n) is 2.49. The number of carboxylic acids is 1. The van der Waals surface area contributed by atoms with Crippen molar-refractivity contribution in [2.75, 3.05) is 0 Å². The van der Waals surface area contributed by atoms with Crippen LogP contribution in [0.25, 0.3) is 0 Å². The van der Waals surface area contributed by atoms with Gasteiger partial charge in [0.25, 0.3) is 0 Å². The van der Waals surface area contributed by atoms with Gasteiger partial charge in [-0.25, -0.2) is 4.79 Å². The third kappa shape index (κ3) is 2.64. The second kappa shape index (κ2) is 3.70. The first-order chi connectivity index (χ1) is 5.61. The van der Waals surface area contributed by atoms with E-state index >= 15 is 0 Å². The molecule has 1 atom stereocenters. The number of Topliss-reactive ketones (excluding diaryl/α,β-unsaturated/α-hetero) is 1. The Morgan fingerprint density at radius 3 is 2.50 bits per heavy atom. The second-order valence-electron chi connectivity index (χ2n) is 3.58. The first-order valence-electron chi connectivity index (χ1n) is 4.37. The Morgan fingerprint density at radius 2 is 2.08 bits per heavy atom. The Bertz CT molecular complexity index is 194. The molecule has 0 amide bonds. The lowest BCUT2D eigenvalue weighted by atomic mass is 9.99. The minimum atomic E-state index is -1.29. The van der Waals surface area contributed by atoms with Crippen LogP contribution < -0.4 is 0 Å². The summed E-state index contributed by atoms with van der Waals surface area (Å²) in [6.07, 6.45) is 3.44. The maximum atomic E-state index is 10.7. The lowest BCUT2D eigenvalue weighted by Crippen LogP contribution is -2.13. The SMILES string of the molecule is CC(CCC(=O)C(=O)O)C1CC1. The molecule has 1 fully saturated rings. The highest BCUT2D eigenvalue weighted by Gasteiger charge is 2.28. The van der Waals surface area contributed by atoms with Gasteiger partial charge in [0.15, 0.2) is 0 Å². The van der Waals surface area contributed by atoms with Crippen LogP contribution in [0.3, 0.4) is 0 Å². The Balaban J connectivity index is 2.15. The predicted molar refractivity (Wildman–Crippen MR) is 43.8 cm³/mol. The molecule has 0 aromatic heterocycles. The van der Waals surface area contributed by atoms with E-state index in [0.29, 0.717) is 5.92 Å². The van der Waals surface area contributed by atoms with Crippen molar-refractivity contribution in [2.45, 2.75) is 32.6 Å². The Morgan fingerprint density at radius 1 is 1.50 bits per heavy atom. The molecule has 0 radical (unpaired) electrons. The number of carbonyl (C=O) groups is 2. The molecule has 0 heterocycles. The van der Waals surface area contributed by atoms with Crippen LogP contribution >= 0.6 is 0 Å². The van der Waals surface area contributed by atoms with E-state index in [0.717, 1.165) is 12.3 Å². The maximum absolute atomic E-state index is 10.7. The van der Waals surface area contributed by atoms with Gasteiger partial charge in [-0.15, -0.1) is 0 Å². The molecule has 0 aromatic rings. The van der Waals surface area contributed by atoms with Gasteiger partial charge in [-0.2, -0.15) is 0 Å². The van der Waals surface area contributed by atoms with Crippen molar-refractivity contribution in [3.8, 4) is 0 Å². The van der Waals surface area contributed by atoms with Crippen molar-refractivity contribution < 1.29 is 14.7 Å². The standard InChI is InChI=1S/C9H14O3/c1-6(7-3-4-7)2-5-8(10)9(11)12/h6-7H,2-5H2,1H3,(H,11,12). The van der Waals surface area contributed by atoms with Crippen LogP contribution in [0, 0.1) is 11.8 Å². The van der Waals surface area contributed by atoms with E-state index in [1.54, 1.807) is 0 Å². The molecular formula is C9H14O3. The zero-order chi connectivity index (χ0) is 9.14. The van der Waals surface area contributed by atoms with Crippen LogP contribution in [0.2, 0.25) is 0 Å². The molecule has 0 aliphatic heterocycles. The number of carbonyl (C=O) groups excluding carboxylic acids is 1. The summed E-state index contributed by atoms with van der Waals surface area (Å²) in [5.41, 5.74) is 0. The molecule has 1 unspecified atom stereocenters. The van der Waals surface area contributed by atoms with Crippen molar-refractivity contribution >= 4 is 11.8 Å². The first kappa shape index (κ1) is 9.23. The number of hydrogen-bond donors (Lipinski definition) is 1. The number of hydrogen-bond acceptors (Lipinski definition) is 2. The van der Waals surface area contributed by atoms with Crippen molar-refractivity contribution in [2.24, 2.45) is 11.8 Å². The predicted octanol–water partition coefficient (Wildman–Crippen LogP) is 1.47. The molecule has 1 rings (SSSR count). The lowest BCUT2D eigenvalue weighted by molar-refractivity contribution is -0.149. The molecule has 68 valence electrons. The van der Waals surface area contributed by atoms with E-state index in [1.807, 2.05) is 0 Å². The zero-order valence-corrected chi connectivity index (χ0v) is 7.25. The third-order valence-corrected chi connectivity index (χ3v) is 2.49. The van der Waals surface area contributed by atoms with Gasteiger partial charge < -0.3 is 5.11 Å². The van der Waals surface area contributed by atoms with Crippen molar-refractivity contribution in [1.82, 2.24) is 0 Å². The first-order valence-corrected chi connectivity index (χ1v) is 4.37. The molecule has 3 heteroatoms. The van der Waals surface area contributed by atoms with Gasteiger partial charge in [-0.3, -0.25) is 4.79 Å². The largest absolute Gasteiger partial charge is 0.476 e. The fourth-order valence-electron chi connectivity index (χ4n) is 1.37. The molecule has 12 heavy (non-hydrogen) atoms. The number of ketones is 1. The summed E-state index contributed by atoms with van der Waals surface area (Å²) in [6.45, 7) is 2.09. The van der Waals surface area contributed by atoms with Gasteiger partial charge in [0.1, 0.15) is 0 Å². The molecule has 1 aliphatic rings. The Hall–Kier alpha value is -0.860. The monoisotopic (exact) mass is 170 g/mol. The lowest BCUT2D eigenvalue weighted by Gasteiger charge is -2.06. The maximum Gasteiger partial charge on any atom is 0.372 e. The molecule has 0 bridgehead atoms. The normalized spacial score (nSPS) is 18.8. The minimum Gasteiger partial charge on any atom is -0.476 e. The molecule has 1 saturated carbocycles. The minimum absolute atomic E-state index is 0.201. The Kier molecular flexibility index (Phi) is 2.84. The van der Waals surface area contributed by atoms with Crippen LogP contribution in [-0.4, -0.2) is 16.9 Å². The summed E-state index contributed by atoms with van der Waals surface area (Å²) in [5, 5.41) is 8.30. The van der Waals surface area contributed by atoms with Gasteiger partial charge in [-0.1, -0.05) is 6.92 Å². The molecule has 1 N–H and O–H groups in total. The number of rotatable bonds is 5. The topological polar surface area (TPSA) is 54.4 Å². The molecule has 0 saturated heterocycles. The highest BCUT2D eigenvalue weighted by Crippen LogP contribution is 2.38. The van der Waals surface area contributed by atoms with E-state index in [2.05, 4.69) is 6.92 Å². The van der Waals surface area contributed by atoms with Crippen molar-refractivity contribution in [3.63, 3.8) is 0 Å². The summed E-state index contributed by atoms with van der Waals surface area (Å²) in [7, 11) is 0. The molecule has 3 nitrogen and oxygen atoms in total. The summed E-state index contributed by atoms with van der Waals surface area (Å²) >= 11 is 0. The van der Waals surface area contributed by atoms with Gasteiger partial charge >= 0.3 is 5.97 Å². The zero-order valence-electron chi connectivity index (χ0n) is 7.25. The fourth-order valence-corrected chi connectivity index (χ4v) is 1.37. The van der Waals surface area contributed by atoms with Crippen molar-refractivity contribution in [1.29, 1.82) is 0 Å². The van der Waals surface area contributed by atoms with E-state index in [1.165, 1.54) is 12.8 Å². The van der Waals surface area contributed by atoms with Crippen LogP contribution in [0.4, 0.5) is 0 Å². The molecular weight excluding hydrogens is 156 g/mol.